The maximum absolute atomic E-state index is 13.6. The van der Waals surface area contributed by atoms with Crippen LogP contribution in [-0.4, -0.2) is 29.1 Å². The van der Waals surface area contributed by atoms with Crippen molar-refractivity contribution >= 4 is 19.0 Å². The van der Waals surface area contributed by atoms with Crippen LogP contribution >= 0.6 is 0 Å². The zero-order chi connectivity index (χ0) is 15.8. The number of ketones is 1. The third kappa shape index (κ3) is 3.22. The lowest BCUT2D eigenvalue weighted by Crippen LogP contribution is -2.41. The van der Waals surface area contributed by atoms with Gasteiger partial charge in [-0.15, -0.1) is 0 Å². The molecule has 21 heavy (non-hydrogen) atoms. The molecule has 0 amide bonds. The summed E-state index contributed by atoms with van der Waals surface area (Å²) in [7, 11) is -0.507. The molecule has 1 aromatic heterocycles. The second-order valence-corrected chi connectivity index (χ2v) is 6.11. The molecular weight excluding hydrogens is 272 g/mol. The fourth-order valence-electron chi connectivity index (χ4n) is 1.95. The standard InChI is InChI=1S/C15H19BFNO3/c1-10(19)12-7-6-11(18-13(12)17)8-9-16-20-14(2,3)15(4,5)21-16/h6-9H,1-5H3/b9-8+. The van der Waals surface area contributed by atoms with E-state index in [9.17, 15) is 9.18 Å². The number of aromatic nitrogens is 1. The Morgan fingerprint density at radius 2 is 1.81 bits per heavy atom. The van der Waals surface area contributed by atoms with Gasteiger partial charge in [0.15, 0.2) is 5.78 Å². The fourth-order valence-corrected chi connectivity index (χ4v) is 1.95. The minimum Gasteiger partial charge on any atom is -0.400 e. The molecule has 1 saturated heterocycles. The van der Waals surface area contributed by atoms with E-state index in [0.29, 0.717) is 5.69 Å². The monoisotopic (exact) mass is 291 g/mol. The zero-order valence-electron chi connectivity index (χ0n) is 12.9. The van der Waals surface area contributed by atoms with Crippen molar-refractivity contribution in [2.75, 3.05) is 0 Å². The second kappa shape index (κ2) is 5.35. The lowest BCUT2D eigenvalue weighted by Gasteiger charge is -2.32. The van der Waals surface area contributed by atoms with Crippen LogP contribution in [0.1, 0.15) is 50.7 Å². The molecule has 0 aliphatic carbocycles. The summed E-state index contributed by atoms with van der Waals surface area (Å²) in [4.78, 5) is 14.9. The van der Waals surface area contributed by atoms with E-state index in [1.807, 2.05) is 27.7 Å². The van der Waals surface area contributed by atoms with Crippen molar-refractivity contribution in [2.45, 2.75) is 45.8 Å². The molecule has 0 N–H and O–H groups in total. The Labute approximate surface area is 124 Å². The number of hydrogen-bond acceptors (Lipinski definition) is 4. The molecule has 0 atom stereocenters. The summed E-state index contributed by atoms with van der Waals surface area (Å²) in [6, 6.07) is 3.01. The number of nitrogens with zero attached hydrogens (tertiary/aromatic N) is 1. The average molecular weight is 291 g/mol. The van der Waals surface area contributed by atoms with E-state index >= 15 is 0 Å². The van der Waals surface area contributed by atoms with Crippen LogP contribution in [0.5, 0.6) is 0 Å². The maximum Gasteiger partial charge on any atom is 0.487 e. The lowest BCUT2D eigenvalue weighted by atomic mass is 9.89. The highest BCUT2D eigenvalue weighted by atomic mass is 19.1. The largest absolute Gasteiger partial charge is 0.487 e. The van der Waals surface area contributed by atoms with Crippen LogP contribution in [-0.2, 0) is 9.31 Å². The van der Waals surface area contributed by atoms with Gasteiger partial charge >= 0.3 is 7.12 Å². The van der Waals surface area contributed by atoms with Crippen molar-refractivity contribution < 1.29 is 18.5 Å². The van der Waals surface area contributed by atoms with Crippen molar-refractivity contribution in [3.8, 4) is 0 Å². The van der Waals surface area contributed by atoms with Gasteiger partial charge in [0.05, 0.1) is 22.5 Å². The topological polar surface area (TPSA) is 48.4 Å². The number of hydrogen-bond donors (Lipinski definition) is 0. The summed E-state index contributed by atoms with van der Waals surface area (Å²) in [6.45, 7) is 9.14. The van der Waals surface area contributed by atoms with Crippen LogP contribution in [0.25, 0.3) is 6.08 Å². The number of pyridine rings is 1. The predicted octanol–water partition coefficient (Wildman–Crippen LogP) is 3.07. The Kier molecular flexibility index (Phi) is 4.04. The second-order valence-electron chi connectivity index (χ2n) is 6.11. The van der Waals surface area contributed by atoms with E-state index in [0.717, 1.165) is 0 Å². The van der Waals surface area contributed by atoms with Crippen LogP contribution in [0.4, 0.5) is 4.39 Å². The summed E-state index contributed by atoms with van der Waals surface area (Å²) in [5.41, 5.74) is -0.437. The van der Waals surface area contributed by atoms with Crippen LogP contribution in [0.2, 0.25) is 0 Å². The number of carbonyl (C=O) groups is 1. The predicted molar refractivity (Wildman–Crippen MR) is 79.3 cm³/mol. The van der Waals surface area contributed by atoms with Crippen LogP contribution in [0.3, 0.4) is 0 Å². The molecule has 0 saturated carbocycles. The van der Waals surface area contributed by atoms with Crippen LogP contribution in [0, 0.1) is 5.95 Å². The molecule has 0 aromatic carbocycles. The Balaban J connectivity index is 2.13. The molecule has 4 nitrogen and oxygen atoms in total. The Hall–Kier alpha value is -1.53. The Morgan fingerprint density at radius 1 is 1.24 bits per heavy atom. The first kappa shape index (κ1) is 15.9. The van der Waals surface area contributed by atoms with Gasteiger partial charge in [-0.2, -0.15) is 4.39 Å². The van der Waals surface area contributed by atoms with E-state index in [1.54, 1.807) is 18.1 Å². The van der Waals surface area contributed by atoms with Crippen molar-refractivity contribution in [1.82, 2.24) is 4.98 Å². The van der Waals surface area contributed by atoms with E-state index in [2.05, 4.69) is 4.98 Å². The van der Waals surface area contributed by atoms with Gasteiger partial charge in [0.1, 0.15) is 0 Å². The number of Topliss-reactive ketones (excluding diaryl/α,β-unsaturated/α-hetero) is 1. The molecule has 1 fully saturated rings. The number of carbonyl (C=O) groups excluding carboxylic acids is 1. The normalized spacial score (nSPS) is 20.2. The molecule has 1 aromatic rings. The van der Waals surface area contributed by atoms with E-state index in [-0.39, 0.29) is 11.3 Å². The minimum absolute atomic E-state index is 0.0113. The molecule has 0 bridgehead atoms. The molecule has 1 aliphatic heterocycles. The summed E-state index contributed by atoms with van der Waals surface area (Å²) in [5.74, 6) is 0.575. The van der Waals surface area contributed by atoms with Crippen molar-refractivity contribution in [1.29, 1.82) is 0 Å². The molecule has 112 valence electrons. The van der Waals surface area contributed by atoms with Crippen LogP contribution < -0.4 is 0 Å². The van der Waals surface area contributed by atoms with Gasteiger partial charge in [-0.3, -0.25) is 4.79 Å². The molecule has 0 unspecified atom stereocenters. The smallest absolute Gasteiger partial charge is 0.400 e. The van der Waals surface area contributed by atoms with Crippen molar-refractivity contribution in [3.63, 3.8) is 0 Å². The van der Waals surface area contributed by atoms with Gasteiger partial charge in [0.25, 0.3) is 0 Å². The van der Waals surface area contributed by atoms with Crippen molar-refractivity contribution in [3.05, 3.63) is 35.3 Å². The van der Waals surface area contributed by atoms with Gasteiger partial charge in [-0.05, 0) is 52.8 Å². The molecule has 1 aliphatic rings. The van der Waals surface area contributed by atoms with Gasteiger partial charge in [0, 0.05) is 0 Å². The zero-order valence-corrected chi connectivity index (χ0v) is 12.9. The van der Waals surface area contributed by atoms with Crippen molar-refractivity contribution in [2.24, 2.45) is 0 Å². The Morgan fingerprint density at radius 3 is 2.29 bits per heavy atom. The third-order valence-corrected chi connectivity index (χ3v) is 3.95. The highest BCUT2D eigenvalue weighted by Gasteiger charge is 2.49. The van der Waals surface area contributed by atoms with E-state index in [1.165, 1.54) is 13.0 Å². The van der Waals surface area contributed by atoms with Gasteiger partial charge in [-0.1, -0.05) is 5.98 Å². The molecule has 2 rings (SSSR count). The van der Waals surface area contributed by atoms with E-state index in [4.69, 9.17) is 9.31 Å². The highest BCUT2D eigenvalue weighted by molar-refractivity contribution is 6.52. The maximum atomic E-state index is 13.6. The van der Waals surface area contributed by atoms with E-state index < -0.39 is 24.3 Å². The first-order chi connectivity index (χ1) is 9.62. The number of halogens is 1. The van der Waals surface area contributed by atoms with Gasteiger partial charge in [-0.25, -0.2) is 4.98 Å². The molecular formula is C15H19BFNO3. The molecule has 0 spiro atoms. The summed E-state index contributed by atoms with van der Waals surface area (Å²) < 4.78 is 25.2. The fraction of sp³-hybridized carbons (Fsp3) is 0.467. The molecule has 0 radical (unpaired) electrons. The number of rotatable bonds is 3. The van der Waals surface area contributed by atoms with Gasteiger partial charge in [0.2, 0.25) is 5.95 Å². The Bertz CT molecular complexity index is 583. The minimum atomic E-state index is -0.765. The van der Waals surface area contributed by atoms with Gasteiger partial charge < -0.3 is 9.31 Å². The first-order valence-electron chi connectivity index (χ1n) is 6.84. The molecule has 2 heterocycles. The summed E-state index contributed by atoms with van der Waals surface area (Å²) >= 11 is 0. The SMILES string of the molecule is CC(=O)c1ccc(/C=C/B2OC(C)(C)C(C)(C)O2)nc1F. The highest BCUT2D eigenvalue weighted by Crippen LogP contribution is 2.36. The van der Waals surface area contributed by atoms with Crippen LogP contribution in [0.15, 0.2) is 18.1 Å². The third-order valence-electron chi connectivity index (χ3n) is 3.95. The quantitative estimate of drug-likeness (QED) is 0.488. The summed E-state index contributed by atoms with van der Waals surface area (Å²) in [6.07, 6.45) is 1.62. The average Bonchev–Trinajstić information content (AvgIpc) is 2.55. The molecule has 6 heteroatoms. The lowest BCUT2D eigenvalue weighted by molar-refractivity contribution is 0.00578. The first-order valence-corrected chi connectivity index (χ1v) is 6.84. The summed E-state index contributed by atoms with van der Waals surface area (Å²) in [5, 5.41) is 0.